The number of carboxylic acid groups (broad SMARTS) is 1. The van der Waals surface area contributed by atoms with Crippen LogP contribution in [0.3, 0.4) is 0 Å². The molecule has 4 nitrogen and oxygen atoms in total. The molecule has 0 amide bonds. The summed E-state index contributed by atoms with van der Waals surface area (Å²) in [6, 6.07) is 7.21. The maximum Gasteiger partial charge on any atom is 0.416 e. The molecule has 0 aromatic heterocycles. The third kappa shape index (κ3) is 6.79. The Bertz CT molecular complexity index is 1140. The Labute approximate surface area is 227 Å². The molecule has 220 valence electrons. The van der Waals surface area contributed by atoms with Gasteiger partial charge in [-0.1, -0.05) is 25.0 Å². The summed E-state index contributed by atoms with van der Waals surface area (Å²) in [4.78, 5) is 11.9. The zero-order chi connectivity index (χ0) is 29.3. The van der Waals surface area contributed by atoms with E-state index in [0.29, 0.717) is 50.9 Å². The van der Waals surface area contributed by atoms with Crippen LogP contribution in [-0.2, 0) is 21.9 Å². The van der Waals surface area contributed by atoms with Crippen molar-refractivity contribution in [3.05, 3.63) is 70.5 Å². The molecule has 4 atom stereocenters. The van der Waals surface area contributed by atoms with Gasteiger partial charge in [0.15, 0.2) is 0 Å². The number of nitrogens with one attached hydrogen (secondary N) is 1. The first kappa shape index (κ1) is 30.3. The van der Waals surface area contributed by atoms with Crippen molar-refractivity contribution in [3.8, 4) is 0 Å². The minimum atomic E-state index is -4.97. The van der Waals surface area contributed by atoms with Gasteiger partial charge in [0.25, 0.3) is 0 Å². The Morgan fingerprint density at radius 2 is 1.57 bits per heavy atom. The second-order valence-corrected chi connectivity index (χ2v) is 11.0. The van der Waals surface area contributed by atoms with E-state index in [0.717, 1.165) is 18.4 Å². The predicted molar refractivity (Wildman–Crippen MR) is 133 cm³/mol. The number of alkyl halides is 6. The highest BCUT2D eigenvalue weighted by Crippen LogP contribution is 2.45. The van der Waals surface area contributed by atoms with Crippen molar-refractivity contribution in [1.29, 1.82) is 0 Å². The van der Waals surface area contributed by atoms with Gasteiger partial charge in [-0.2, -0.15) is 26.3 Å². The minimum absolute atomic E-state index is 0.0674. The molecule has 0 heterocycles. The maximum absolute atomic E-state index is 13.7. The van der Waals surface area contributed by atoms with Crippen LogP contribution in [0.1, 0.15) is 79.7 Å². The van der Waals surface area contributed by atoms with Crippen LogP contribution in [0.4, 0.5) is 30.7 Å². The van der Waals surface area contributed by atoms with E-state index in [1.165, 1.54) is 19.1 Å². The zero-order valence-electron chi connectivity index (χ0n) is 21.9. The first-order valence-corrected chi connectivity index (χ1v) is 13.3. The lowest BCUT2D eigenvalue weighted by Crippen LogP contribution is -2.41. The quantitative estimate of drug-likeness (QED) is 0.301. The summed E-state index contributed by atoms with van der Waals surface area (Å²) in [5, 5.41) is 13.1. The molecule has 11 heteroatoms. The van der Waals surface area contributed by atoms with Gasteiger partial charge in [-0.15, -0.1) is 0 Å². The summed E-state index contributed by atoms with van der Waals surface area (Å²) in [7, 11) is 0. The second-order valence-electron chi connectivity index (χ2n) is 11.0. The number of hydrogen-bond donors (Lipinski definition) is 2. The standard InChI is InChI=1S/C29H32F7NO3/c1-17(20-12-21(28(31,32)33)14-22(13-20)29(34,35)36)40-24-9-6-19(25(24)18-4-7-23(30)8-5-18)15-37-16-27(26(38)39)10-2-3-11-27/h4-5,7-8,12-14,17,19,24-25,37H,2-3,6,9-11,15-16H2,1H3,(H,38,39)/t17-,19+,24+,25+/m1/s1. The van der Waals surface area contributed by atoms with Crippen molar-refractivity contribution < 1.29 is 45.4 Å². The largest absolute Gasteiger partial charge is 0.481 e. The van der Waals surface area contributed by atoms with E-state index < -0.39 is 52.9 Å². The van der Waals surface area contributed by atoms with Crippen molar-refractivity contribution >= 4 is 5.97 Å². The van der Waals surface area contributed by atoms with Crippen molar-refractivity contribution in [1.82, 2.24) is 5.32 Å². The Hall–Kier alpha value is -2.66. The molecule has 2 N–H and O–H groups in total. The van der Waals surface area contributed by atoms with Crippen molar-refractivity contribution in [3.63, 3.8) is 0 Å². The van der Waals surface area contributed by atoms with E-state index in [9.17, 15) is 40.6 Å². The predicted octanol–water partition coefficient (Wildman–Crippen LogP) is 7.74. The lowest BCUT2D eigenvalue weighted by molar-refractivity contribution is -0.148. The summed E-state index contributed by atoms with van der Waals surface area (Å²) < 4.78 is 100. The zero-order valence-corrected chi connectivity index (χ0v) is 21.9. The average Bonchev–Trinajstić information content (AvgIpc) is 3.51. The fourth-order valence-corrected chi connectivity index (χ4v) is 6.16. The highest BCUT2D eigenvalue weighted by Gasteiger charge is 2.43. The molecule has 2 saturated carbocycles. The van der Waals surface area contributed by atoms with Crippen LogP contribution < -0.4 is 5.32 Å². The molecule has 0 spiro atoms. The SMILES string of the molecule is C[C@@H](O[C@H]1CC[C@@H](CNCC2(C(=O)O)CCCC2)[C@@H]1c1ccc(F)cc1)c1cc(C(F)(F)F)cc(C(F)(F)F)c1. The van der Waals surface area contributed by atoms with Crippen LogP contribution in [0.2, 0.25) is 0 Å². The van der Waals surface area contributed by atoms with Gasteiger partial charge in [-0.3, -0.25) is 4.79 Å². The molecular weight excluding hydrogens is 543 g/mol. The van der Waals surface area contributed by atoms with Gasteiger partial charge < -0.3 is 15.2 Å². The van der Waals surface area contributed by atoms with Gasteiger partial charge in [0.2, 0.25) is 0 Å². The van der Waals surface area contributed by atoms with Gasteiger partial charge in [0.1, 0.15) is 5.82 Å². The van der Waals surface area contributed by atoms with Crippen LogP contribution in [0.15, 0.2) is 42.5 Å². The number of hydrogen-bond acceptors (Lipinski definition) is 3. The van der Waals surface area contributed by atoms with Crippen molar-refractivity contribution in [2.24, 2.45) is 11.3 Å². The van der Waals surface area contributed by atoms with E-state index in [2.05, 4.69) is 5.32 Å². The molecule has 4 rings (SSSR count). The topological polar surface area (TPSA) is 58.6 Å². The lowest BCUT2D eigenvalue weighted by Gasteiger charge is -2.30. The first-order valence-electron chi connectivity index (χ1n) is 13.3. The van der Waals surface area contributed by atoms with E-state index in [1.807, 2.05) is 0 Å². The summed E-state index contributed by atoms with van der Waals surface area (Å²) in [5.41, 5.74) is -3.15. The van der Waals surface area contributed by atoms with Crippen LogP contribution in [0, 0.1) is 17.2 Å². The first-order chi connectivity index (χ1) is 18.7. The lowest BCUT2D eigenvalue weighted by atomic mass is 9.85. The Morgan fingerprint density at radius 3 is 2.10 bits per heavy atom. The number of ether oxygens (including phenoxy) is 1. The van der Waals surface area contributed by atoms with Gasteiger partial charge >= 0.3 is 18.3 Å². The number of aliphatic carboxylic acids is 1. The van der Waals surface area contributed by atoms with E-state index in [1.54, 1.807) is 12.1 Å². The molecule has 2 fully saturated rings. The summed E-state index contributed by atoms with van der Waals surface area (Å²) >= 11 is 0. The van der Waals surface area contributed by atoms with E-state index in [-0.39, 0.29) is 23.5 Å². The van der Waals surface area contributed by atoms with Crippen LogP contribution in [0.25, 0.3) is 0 Å². The monoisotopic (exact) mass is 575 g/mol. The van der Waals surface area contributed by atoms with Gasteiger partial charge in [-0.25, -0.2) is 4.39 Å². The number of carboxylic acids is 1. The fraction of sp³-hybridized carbons (Fsp3) is 0.552. The number of rotatable bonds is 9. The van der Waals surface area contributed by atoms with Crippen LogP contribution in [-0.4, -0.2) is 30.3 Å². The summed E-state index contributed by atoms with van der Waals surface area (Å²) in [6.45, 7) is 2.15. The maximum atomic E-state index is 13.7. The molecule has 0 bridgehead atoms. The Morgan fingerprint density at radius 1 is 1.00 bits per heavy atom. The Kier molecular flexibility index (Phi) is 8.85. The van der Waals surface area contributed by atoms with Crippen molar-refractivity contribution in [2.45, 2.75) is 75.9 Å². The number of halogens is 7. The molecule has 40 heavy (non-hydrogen) atoms. The van der Waals surface area contributed by atoms with E-state index >= 15 is 0 Å². The van der Waals surface area contributed by atoms with Crippen molar-refractivity contribution in [2.75, 3.05) is 13.1 Å². The molecule has 0 unspecified atom stereocenters. The highest BCUT2D eigenvalue weighted by molar-refractivity contribution is 5.75. The molecule has 0 saturated heterocycles. The van der Waals surface area contributed by atoms with Gasteiger partial charge in [-0.05, 0) is 86.5 Å². The molecule has 2 aromatic rings. The van der Waals surface area contributed by atoms with Gasteiger partial charge in [0.05, 0.1) is 28.7 Å². The Balaban J connectivity index is 1.55. The molecule has 2 aliphatic carbocycles. The fourth-order valence-electron chi connectivity index (χ4n) is 6.16. The van der Waals surface area contributed by atoms with Gasteiger partial charge in [0, 0.05) is 12.5 Å². The summed E-state index contributed by atoms with van der Waals surface area (Å²) in [6.07, 6.45) is -7.62. The number of benzene rings is 2. The third-order valence-electron chi connectivity index (χ3n) is 8.33. The number of carbonyl (C=O) groups is 1. The third-order valence-corrected chi connectivity index (χ3v) is 8.33. The molecular formula is C29H32F7NO3. The molecule has 2 aliphatic rings. The second kappa shape index (κ2) is 11.7. The average molecular weight is 576 g/mol. The smallest absolute Gasteiger partial charge is 0.416 e. The molecule has 2 aromatic carbocycles. The normalized spacial score (nSPS) is 23.9. The van der Waals surface area contributed by atoms with E-state index in [4.69, 9.17) is 4.74 Å². The summed E-state index contributed by atoms with van der Waals surface area (Å²) in [5.74, 6) is -1.68. The minimum Gasteiger partial charge on any atom is -0.481 e. The molecule has 0 aliphatic heterocycles. The molecule has 0 radical (unpaired) electrons. The van der Waals surface area contributed by atoms with Crippen LogP contribution in [0.5, 0.6) is 0 Å². The highest BCUT2D eigenvalue weighted by atomic mass is 19.4. The van der Waals surface area contributed by atoms with Crippen LogP contribution >= 0.6 is 0 Å².